The van der Waals surface area contributed by atoms with E-state index in [9.17, 15) is 4.79 Å². The molecule has 1 aromatic rings. The number of hydrogen-bond donors (Lipinski definition) is 1. The molecule has 0 heterocycles. The Kier molecular flexibility index (Phi) is 3.86. The van der Waals surface area contributed by atoms with Crippen LogP contribution in [-0.4, -0.2) is 17.5 Å². The van der Waals surface area contributed by atoms with Crippen LogP contribution in [0.2, 0.25) is 10.0 Å². The van der Waals surface area contributed by atoms with E-state index in [1.54, 1.807) is 18.2 Å². The average molecular weight is 254 g/mol. The van der Waals surface area contributed by atoms with Crippen LogP contribution in [-0.2, 0) is 0 Å². The van der Waals surface area contributed by atoms with Crippen molar-refractivity contribution in [2.24, 2.45) is 0 Å². The van der Waals surface area contributed by atoms with E-state index in [-0.39, 0.29) is 0 Å². The summed E-state index contributed by atoms with van der Waals surface area (Å²) in [6.07, 6.45) is 0. The number of carbonyl (C=O) groups is 1. The molecule has 0 atom stereocenters. The van der Waals surface area contributed by atoms with Gasteiger partial charge in [0.1, 0.15) is 0 Å². The molecule has 1 aromatic carbocycles. The number of nitrogens with one attached hydrogen (secondary N) is 1. The number of carbonyl (C=O) groups excluding carboxylic acids is 1. The summed E-state index contributed by atoms with van der Waals surface area (Å²) >= 11 is 16.9. The molecule has 0 radical (unpaired) electrons. The van der Waals surface area contributed by atoms with E-state index < -0.39 is 6.03 Å². The molecule has 14 heavy (non-hydrogen) atoms. The van der Waals surface area contributed by atoms with Crippen molar-refractivity contribution in [1.29, 1.82) is 0 Å². The number of anilines is 1. The average Bonchev–Trinajstić information content (AvgIpc) is 2.11. The minimum absolute atomic E-state index is 0.377. The quantitative estimate of drug-likeness (QED) is 0.762. The minimum Gasteiger partial charge on any atom is -0.307 e. The maximum absolute atomic E-state index is 11.1. The van der Waals surface area contributed by atoms with Gasteiger partial charge in [0.15, 0.2) is 0 Å². The van der Waals surface area contributed by atoms with Crippen LogP contribution in [0.5, 0.6) is 0 Å². The highest BCUT2D eigenvalue weighted by molar-refractivity contribution is 6.42. The molecule has 2 amide bonds. The number of nitrogens with zero attached hydrogens (tertiary/aromatic N) is 1. The van der Waals surface area contributed by atoms with Gasteiger partial charge in [0.05, 0.1) is 10.0 Å². The Morgan fingerprint density at radius 2 is 2.00 bits per heavy atom. The molecule has 0 aromatic heterocycles. The Hall–Kier alpha value is -0.640. The van der Waals surface area contributed by atoms with Crippen molar-refractivity contribution >= 4 is 46.7 Å². The summed E-state index contributed by atoms with van der Waals surface area (Å²) in [6, 6.07) is 4.33. The summed E-state index contributed by atoms with van der Waals surface area (Å²) < 4.78 is 0.905. The highest BCUT2D eigenvalue weighted by atomic mass is 35.5. The standard InChI is InChI=1S/C8H7Cl3N2O/c1-13(11)8(14)12-5-2-3-6(9)7(10)4-5/h2-4H,1H3,(H,12,14). The summed E-state index contributed by atoms with van der Waals surface area (Å²) in [7, 11) is 1.43. The molecule has 1 rings (SSSR count). The molecule has 0 unspecified atom stereocenters. The lowest BCUT2D eigenvalue weighted by Gasteiger charge is -2.09. The molecular weight excluding hydrogens is 246 g/mol. The summed E-state index contributed by atoms with van der Waals surface area (Å²) in [6.45, 7) is 0. The summed E-state index contributed by atoms with van der Waals surface area (Å²) in [4.78, 5) is 11.1. The van der Waals surface area contributed by atoms with Crippen LogP contribution in [0.1, 0.15) is 0 Å². The summed E-state index contributed by atoms with van der Waals surface area (Å²) in [5, 5.41) is 3.33. The van der Waals surface area contributed by atoms with Gasteiger partial charge in [0, 0.05) is 24.5 Å². The molecule has 0 saturated carbocycles. The van der Waals surface area contributed by atoms with Gasteiger partial charge in [-0.3, -0.25) is 0 Å². The fraction of sp³-hybridized carbons (Fsp3) is 0.125. The molecule has 0 aliphatic rings. The van der Waals surface area contributed by atoms with Crippen LogP contribution in [0.25, 0.3) is 0 Å². The number of urea groups is 1. The van der Waals surface area contributed by atoms with Crippen LogP contribution in [0.15, 0.2) is 18.2 Å². The third-order valence-corrected chi connectivity index (χ3v) is 2.34. The predicted molar refractivity (Wildman–Crippen MR) is 59.1 cm³/mol. The van der Waals surface area contributed by atoms with Crippen molar-refractivity contribution < 1.29 is 4.79 Å². The third kappa shape index (κ3) is 2.94. The first-order chi connectivity index (χ1) is 6.50. The molecule has 0 fully saturated rings. The van der Waals surface area contributed by atoms with Gasteiger partial charge in [-0.2, -0.15) is 0 Å². The van der Waals surface area contributed by atoms with Gasteiger partial charge in [-0.15, -0.1) is 0 Å². The Morgan fingerprint density at radius 3 is 2.50 bits per heavy atom. The van der Waals surface area contributed by atoms with Crippen molar-refractivity contribution in [2.75, 3.05) is 12.4 Å². The van der Waals surface area contributed by atoms with E-state index in [0.29, 0.717) is 15.7 Å². The number of rotatable bonds is 1. The number of amides is 2. The maximum Gasteiger partial charge on any atom is 0.336 e. The van der Waals surface area contributed by atoms with Crippen molar-refractivity contribution in [1.82, 2.24) is 4.42 Å². The van der Waals surface area contributed by atoms with Crippen LogP contribution in [0.3, 0.4) is 0 Å². The zero-order chi connectivity index (χ0) is 10.7. The topological polar surface area (TPSA) is 32.3 Å². The summed E-state index contributed by atoms with van der Waals surface area (Å²) in [5.41, 5.74) is 0.539. The van der Waals surface area contributed by atoms with E-state index in [4.69, 9.17) is 35.0 Å². The normalized spacial score (nSPS) is 9.71. The number of hydrogen-bond acceptors (Lipinski definition) is 1. The van der Waals surface area contributed by atoms with Gasteiger partial charge < -0.3 is 5.32 Å². The predicted octanol–water partition coefficient (Wildman–Crippen LogP) is 3.61. The Bertz CT molecular complexity index is 354. The van der Waals surface area contributed by atoms with Crippen LogP contribution >= 0.6 is 35.0 Å². The zero-order valence-electron chi connectivity index (χ0n) is 7.22. The lowest BCUT2D eigenvalue weighted by atomic mass is 10.3. The van der Waals surface area contributed by atoms with Gasteiger partial charge >= 0.3 is 6.03 Å². The first-order valence-electron chi connectivity index (χ1n) is 3.66. The molecule has 1 N–H and O–H groups in total. The van der Waals surface area contributed by atoms with Gasteiger partial charge in [-0.1, -0.05) is 23.2 Å². The minimum atomic E-state index is -0.440. The second-order valence-electron chi connectivity index (χ2n) is 2.54. The highest BCUT2D eigenvalue weighted by Gasteiger charge is 2.06. The third-order valence-electron chi connectivity index (χ3n) is 1.45. The lowest BCUT2D eigenvalue weighted by molar-refractivity contribution is 0.241. The van der Waals surface area contributed by atoms with E-state index in [1.165, 1.54) is 7.05 Å². The zero-order valence-corrected chi connectivity index (χ0v) is 9.49. The van der Waals surface area contributed by atoms with Gasteiger partial charge in [-0.25, -0.2) is 9.21 Å². The Labute approximate surface area is 96.7 Å². The second kappa shape index (κ2) is 4.73. The van der Waals surface area contributed by atoms with E-state index in [1.807, 2.05) is 0 Å². The molecule has 0 spiro atoms. The van der Waals surface area contributed by atoms with Crippen molar-refractivity contribution in [2.45, 2.75) is 0 Å². The van der Waals surface area contributed by atoms with Crippen molar-refractivity contribution in [3.63, 3.8) is 0 Å². The second-order valence-corrected chi connectivity index (χ2v) is 3.86. The molecule has 0 bridgehead atoms. The van der Waals surface area contributed by atoms with Crippen LogP contribution < -0.4 is 5.32 Å². The monoisotopic (exact) mass is 252 g/mol. The molecule has 76 valence electrons. The SMILES string of the molecule is CN(Cl)C(=O)Nc1ccc(Cl)c(Cl)c1. The Balaban J connectivity index is 2.78. The van der Waals surface area contributed by atoms with E-state index in [0.717, 1.165) is 4.42 Å². The molecule has 3 nitrogen and oxygen atoms in total. The van der Waals surface area contributed by atoms with Crippen molar-refractivity contribution in [3.05, 3.63) is 28.2 Å². The molecule has 0 saturated heterocycles. The highest BCUT2D eigenvalue weighted by Crippen LogP contribution is 2.25. The largest absolute Gasteiger partial charge is 0.336 e. The smallest absolute Gasteiger partial charge is 0.307 e. The number of benzene rings is 1. The maximum atomic E-state index is 11.1. The van der Waals surface area contributed by atoms with E-state index in [2.05, 4.69) is 5.32 Å². The van der Waals surface area contributed by atoms with Crippen molar-refractivity contribution in [3.8, 4) is 0 Å². The fourth-order valence-electron chi connectivity index (χ4n) is 0.774. The van der Waals surface area contributed by atoms with Crippen LogP contribution in [0, 0.1) is 0 Å². The molecule has 0 aliphatic carbocycles. The van der Waals surface area contributed by atoms with Gasteiger partial charge in [0.2, 0.25) is 0 Å². The fourth-order valence-corrected chi connectivity index (χ4v) is 1.11. The molecular formula is C8H7Cl3N2O. The number of halogens is 3. The Morgan fingerprint density at radius 1 is 1.36 bits per heavy atom. The van der Waals surface area contributed by atoms with E-state index >= 15 is 0 Å². The van der Waals surface area contributed by atoms with Gasteiger partial charge in [0.25, 0.3) is 0 Å². The molecule has 6 heteroatoms. The van der Waals surface area contributed by atoms with Crippen LogP contribution in [0.4, 0.5) is 10.5 Å². The molecule has 0 aliphatic heterocycles. The summed E-state index contributed by atoms with van der Waals surface area (Å²) in [5.74, 6) is 0. The first kappa shape index (κ1) is 11.4. The lowest BCUT2D eigenvalue weighted by Crippen LogP contribution is -2.22. The first-order valence-corrected chi connectivity index (χ1v) is 4.75. The van der Waals surface area contributed by atoms with Gasteiger partial charge in [-0.05, 0) is 18.2 Å².